The molecule has 1 aromatic rings. The van der Waals surface area contributed by atoms with Gasteiger partial charge >= 0.3 is 0 Å². The maximum atomic E-state index is 13.0. The lowest BCUT2D eigenvalue weighted by atomic mass is 10.1. The van der Waals surface area contributed by atoms with Crippen LogP contribution >= 0.6 is 0 Å². The van der Waals surface area contributed by atoms with Crippen molar-refractivity contribution in [2.24, 2.45) is 5.73 Å². The summed E-state index contributed by atoms with van der Waals surface area (Å²) in [7, 11) is 0. The molecule has 0 spiro atoms. The maximum absolute atomic E-state index is 13.0. The molecule has 1 unspecified atom stereocenters. The van der Waals surface area contributed by atoms with E-state index in [9.17, 15) is 4.39 Å². The summed E-state index contributed by atoms with van der Waals surface area (Å²) in [5.41, 5.74) is 7.01. The van der Waals surface area contributed by atoms with Gasteiger partial charge in [0.25, 0.3) is 0 Å². The van der Waals surface area contributed by atoms with Crippen molar-refractivity contribution in [3.05, 3.63) is 35.1 Å². The van der Waals surface area contributed by atoms with Crippen LogP contribution in [0.25, 0.3) is 0 Å². The van der Waals surface area contributed by atoms with E-state index in [0.29, 0.717) is 24.7 Å². The third-order valence-corrected chi connectivity index (χ3v) is 3.34. The van der Waals surface area contributed by atoms with Crippen LogP contribution in [0.15, 0.2) is 18.2 Å². The highest BCUT2D eigenvalue weighted by atomic mass is 19.1. The molecule has 1 aliphatic heterocycles. The zero-order valence-corrected chi connectivity index (χ0v) is 9.69. The second-order valence-electron chi connectivity index (χ2n) is 4.42. The van der Waals surface area contributed by atoms with E-state index in [-0.39, 0.29) is 5.82 Å². The van der Waals surface area contributed by atoms with Crippen molar-refractivity contribution < 1.29 is 4.39 Å². The monoisotopic (exact) mass is 233 g/mol. The molecule has 1 aliphatic rings. The molecule has 0 bridgehead atoms. The van der Waals surface area contributed by atoms with Gasteiger partial charge in [0.05, 0.1) is 11.6 Å². The number of hydrogen-bond acceptors (Lipinski definition) is 3. The van der Waals surface area contributed by atoms with E-state index in [1.165, 1.54) is 12.1 Å². The average Bonchev–Trinajstić information content (AvgIpc) is 2.78. The van der Waals surface area contributed by atoms with Gasteiger partial charge in [0.2, 0.25) is 0 Å². The number of nitriles is 1. The van der Waals surface area contributed by atoms with Crippen molar-refractivity contribution in [3.8, 4) is 6.07 Å². The number of halogens is 1. The van der Waals surface area contributed by atoms with Crippen molar-refractivity contribution in [2.75, 3.05) is 13.1 Å². The van der Waals surface area contributed by atoms with Gasteiger partial charge < -0.3 is 5.73 Å². The van der Waals surface area contributed by atoms with Crippen molar-refractivity contribution in [1.29, 1.82) is 5.26 Å². The highest BCUT2D eigenvalue weighted by molar-refractivity contribution is 5.37. The van der Waals surface area contributed by atoms with Crippen LogP contribution < -0.4 is 5.73 Å². The van der Waals surface area contributed by atoms with Gasteiger partial charge in [-0.25, -0.2) is 4.39 Å². The van der Waals surface area contributed by atoms with Crippen molar-refractivity contribution >= 4 is 0 Å². The molecule has 0 amide bonds. The molecule has 90 valence electrons. The third-order valence-electron chi connectivity index (χ3n) is 3.34. The number of nitrogens with two attached hydrogens (primary N) is 1. The summed E-state index contributed by atoms with van der Waals surface area (Å²) in [5, 5.41) is 8.98. The Balaban J connectivity index is 2.16. The van der Waals surface area contributed by atoms with E-state index >= 15 is 0 Å². The highest BCUT2D eigenvalue weighted by Gasteiger charge is 2.23. The zero-order chi connectivity index (χ0) is 12.3. The first-order chi connectivity index (χ1) is 8.24. The second kappa shape index (κ2) is 5.26. The Kier molecular flexibility index (Phi) is 3.72. The maximum Gasteiger partial charge on any atom is 0.124 e. The summed E-state index contributed by atoms with van der Waals surface area (Å²) in [4.78, 5) is 2.27. The minimum absolute atomic E-state index is 0.359. The molecule has 0 aliphatic carbocycles. The topological polar surface area (TPSA) is 53.0 Å². The Morgan fingerprint density at radius 1 is 1.53 bits per heavy atom. The number of hydrogen-bond donors (Lipinski definition) is 1. The van der Waals surface area contributed by atoms with E-state index in [1.54, 1.807) is 6.07 Å². The molecule has 2 N–H and O–H groups in total. The Hall–Kier alpha value is -1.44. The summed E-state index contributed by atoms with van der Waals surface area (Å²) < 4.78 is 13.0. The third kappa shape index (κ3) is 2.63. The van der Waals surface area contributed by atoms with Gasteiger partial charge in [-0.15, -0.1) is 0 Å². The lowest BCUT2D eigenvalue weighted by Crippen LogP contribution is -2.35. The lowest BCUT2D eigenvalue weighted by molar-refractivity contribution is 0.250. The van der Waals surface area contributed by atoms with Crippen LogP contribution in [0.1, 0.15) is 24.0 Å². The standard InChI is InChI=1S/C13H16FN3/c14-12-4-3-10(11(6-12)7-15)9-17-5-1-2-13(17)8-16/h3-4,6,13H,1-2,5,8-9,16H2. The van der Waals surface area contributed by atoms with Gasteiger partial charge in [-0.2, -0.15) is 5.26 Å². The predicted molar refractivity (Wildman–Crippen MR) is 63.6 cm³/mol. The van der Waals surface area contributed by atoms with Crippen molar-refractivity contribution in [2.45, 2.75) is 25.4 Å². The van der Waals surface area contributed by atoms with Crippen LogP contribution in [-0.4, -0.2) is 24.0 Å². The Morgan fingerprint density at radius 2 is 2.35 bits per heavy atom. The Morgan fingerprint density at radius 3 is 3.06 bits per heavy atom. The molecule has 1 heterocycles. The molecule has 3 nitrogen and oxygen atoms in total. The number of nitrogens with zero attached hydrogens (tertiary/aromatic N) is 2. The van der Waals surface area contributed by atoms with Crippen LogP contribution in [0.3, 0.4) is 0 Å². The molecule has 0 aromatic heterocycles. The quantitative estimate of drug-likeness (QED) is 0.863. The smallest absolute Gasteiger partial charge is 0.124 e. The van der Waals surface area contributed by atoms with Crippen LogP contribution in [0.4, 0.5) is 4.39 Å². The van der Waals surface area contributed by atoms with E-state index in [1.807, 2.05) is 6.07 Å². The van der Waals surface area contributed by atoms with Gasteiger partial charge in [-0.05, 0) is 37.1 Å². The van der Waals surface area contributed by atoms with Gasteiger partial charge in [0.1, 0.15) is 5.82 Å². The van der Waals surface area contributed by atoms with Crippen LogP contribution in [0.5, 0.6) is 0 Å². The minimum Gasteiger partial charge on any atom is -0.329 e. The van der Waals surface area contributed by atoms with E-state index in [0.717, 1.165) is 24.9 Å². The van der Waals surface area contributed by atoms with Crippen LogP contribution in [0.2, 0.25) is 0 Å². The van der Waals surface area contributed by atoms with E-state index < -0.39 is 0 Å². The first-order valence-electron chi connectivity index (χ1n) is 5.87. The Labute approximate surface area is 101 Å². The molecular formula is C13H16FN3. The molecular weight excluding hydrogens is 217 g/mol. The average molecular weight is 233 g/mol. The zero-order valence-electron chi connectivity index (χ0n) is 9.69. The summed E-state index contributed by atoms with van der Waals surface area (Å²) >= 11 is 0. The molecule has 0 saturated carbocycles. The summed E-state index contributed by atoms with van der Waals surface area (Å²) in [6, 6.07) is 6.84. The molecule has 4 heteroatoms. The summed E-state index contributed by atoms with van der Waals surface area (Å²) in [6.45, 7) is 2.33. The molecule has 1 saturated heterocycles. The largest absolute Gasteiger partial charge is 0.329 e. The highest BCUT2D eigenvalue weighted by Crippen LogP contribution is 2.21. The van der Waals surface area contributed by atoms with Gasteiger partial charge in [-0.1, -0.05) is 6.07 Å². The summed E-state index contributed by atoms with van der Waals surface area (Å²) in [5.74, 6) is -0.359. The second-order valence-corrected chi connectivity index (χ2v) is 4.42. The lowest BCUT2D eigenvalue weighted by Gasteiger charge is -2.23. The fourth-order valence-electron chi connectivity index (χ4n) is 2.38. The number of rotatable bonds is 3. The van der Waals surface area contributed by atoms with Crippen LogP contribution in [-0.2, 0) is 6.54 Å². The van der Waals surface area contributed by atoms with Gasteiger partial charge in [0.15, 0.2) is 0 Å². The molecule has 2 rings (SSSR count). The van der Waals surface area contributed by atoms with Gasteiger partial charge in [0, 0.05) is 19.1 Å². The molecule has 1 aromatic carbocycles. The first kappa shape index (κ1) is 12.0. The minimum atomic E-state index is -0.359. The molecule has 17 heavy (non-hydrogen) atoms. The van der Waals surface area contributed by atoms with E-state index in [2.05, 4.69) is 4.90 Å². The number of benzene rings is 1. The first-order valence-corrected chi connectivity index (χ1v) is 5.87. The fraction of sp³-hybridized carbons (Fsp3) is 0.462. The molecule has 0 radical (unpaired) electrons. The number of likely N-dealkylation sites (tertiary alicyclic amines) is 1. The predicted octanol–water partition coefficient (Wildman–Crippen LogP) is 1.62. The molecule has 1 atom stereocenters. The summed E-state index contributed by atoms with van der Waals surface area (Å²) in [6.07, 6.45) is 2.25. The van der Waals surface area contributed by atoms with Crippen molar-refractivity contribution in [3.63, 3.8) is 0 Å². The van der Waals surface area contributed by atoms with E-state index in [4.69, 9.17) is 11.0 Å². The molecule has 1 fully saturated rings. The normalized spacial score (nSPS) is 20.4. The van der Waals surface area contributed by atoms with Crippen molar-refractivity contribution in [1.82, 2.24) is 4.90 Å². The van der Waals surface area contributed by atoms with Gasteiger partial charge in [-0.3, -0.25) is 4.90 Å². The SMILES string of the molecule is N#Cc1cc(F)ccc1CN1CCCC1CN. The Bertz CT molecular complexity index is 439. The van der Waals surface area contributed by atoms with Crippen LogP contribution in [0, 0.1) is 17.1 Å². The fourth-order valence-corrected chi connectivity index (χ4v) is 2.38.